The lowest BCUT2D eigenvalue weighted by molar-refractivity contribution is 0.416. The topological polar surface area (TPSA) is 61.7 Å². The first-order chi connectivity index (χ1) is 8.99. The monoisotopic (exact) mass is 255 g/mol. The Morgan fingerprint density at radius 2 is 2.00 bits per heavy atom. The SMILES string of the molecule is COc1ccccc1-c1nc(C(C)(C)C#N)[nH]c1C. The van der Waals surface area contributed by atoms with Crippen LogP contribution in [0.4, 0.5) is 0 Å². The Kier molecular flexibility index (Phi) is 3.30. The maximum Gasteiger partial charge on any atom is 0.128 e. The molecule has 0 amide bonds. The molecular weight excluding hydrogens is 238 g/mol. The number of para-hydroxylation sites is 1. The fraction of sp³-hybridized carbons (Fsp3) is 0.333. The Balaban J connectivity index is 2.56. The van der Waals surface area contributed by atoms with Crippen LogP contribution in [0.25, 0.3) is 11.3 Å². The number of methoxy groups -OCH3 is 1. The van der Waals surface area contributed by atoms with E-state index in [0.717, 1.165) is 22.7 Å². The molecule has 1 aromatic carbocycles. The van der Waals surface area contributed by atoms with Gasteiger partial charge in [0.05, 0.1) is 18.9 Å². The molecule has 19 heavy (non-hydrogen) atoms. The van der Waals surface area contributed by atoms with E-state index in [1.54, 1.807) is 7.11 Å². The van der Waals surface area contributed by atoms with Gasteiger partial charge in [-0.1, -0.05) is 12.1 Å². The Bertz CT molecular complexity index is 635. The first-order valence-electron chi connectivity index (χ1n) is 6.11. The lowest BCUT2D eigenvalue weighted by Crippen LogP contribution is -2.15. The predicted octanol–water partition coefficient (Wildman–Crippen LogP) is 3.19. The van der Waals surface area contributed by atoms with Crippen molar-refractivity contribution in [3.05, 3.63) is 35.8 Å². The summed E-state index contributed by atoms with van der Waals surface area (Å²) in [6.45, 7) is 5.64. The minimum absolute atomic E-state index is 0.634. The standard InChI is InChI=1S/C15H17N3O/c1-10-13(11-7-5-6-8-12(11)19-4)18-14(17-10)15(2,3)9-16/h5-8H,1-4H3,(H,17,18). The quantitative estimate of drug-likeness (QED) is 0.916. The third-order valence-electron chi connectivity index (χ3n) is 3.12. The van der Waals surface area contributed by atoms with Crippen LogP contribution >= 0.6 is 0 Å². The molecule has 0 saturated heterocycles. The first kappa shape index (κ1) is 13.2. The zero-order valence-electron chi connectivity index (χ0n) is 11.6. The van der Waals surface area contributed by atoms with Gasteiger partial charge in [0, 0.05) is 11.3 Å². The second-order valence-corrected chi connectivity index (χ2v) is 5.00. The average molecular weight is 255 g/mol. The summed E-state index contributed by atoms with van der Waals surface area (Å²) in [5, 5.41) is 9.18. The highest BCUT2D eigenvalue weighted by atomic mass is 16.5. The molecule has 0 atom stereocenters. The minimum Gasteiger partial charge on any atom is -0.496 e. The predicted molar refractivity (Wildman–Crippen MR) is 74.0 cm³/mol. The summed E-state index contributed by atoms with van der Waals surface area (Å²) in [7, 11) is 1.64. The maximum atomic E-state index is 9.18. The Morgan fingerprint density at radius 3 is 2.63 bits per heavy atom. The minimum atomic E-state index is -0.634. The number of imidazole rings is 1. The highest BCUT2D eigenvalue weighted by Gasteiger charge is 2.25. The number of nitrogens with one attached hydrogen (secondary N) is 1. The van der Waals surface area contributed by atoms with Crippen LogP contribution in [-0.2, 0) is 5.41 Å². The number of hydrogen-bond donors (Lipinski definition) is 1. The highest BCUT2D eigenvalue weighted by Crippen LogP contribution is 2.32. The van der Waals surface area contributed by atoms with Crippen molar-refractivity contribution >= 4 is 0 Å². The van der Waals surface area contributed by atoms with Gasteiger partial charge in [-0.3, -0.25) is 0 Å². The van der Waals surface area contributed by atoms with Gasteiger partial charge < -0.3 is 9.72 Å². The van der Waals surface area contributed by atoms with E-state index >= 15 is 0 Å². The number of ether oxygens (including phenoxy) is 1. The van der Waals surface area contributed by atoms with Gasteiger partial charge in [-0.2, -0.15) is 5.26 Å². The van der Waals surface area contributed by atoms with E-state index in [0.29, 0.717) is 5.82 Å². The average Bonchev–Trinajstić information content (AvgIpc) is 2.81. The molecule has 98 valence electrons. The number of nitrogens with zero attached hydrogens (tertiary/aromatic N) is 2. The summed E-state index contributed by atoms with van der Waals surface area (Å²) in [6.07, 6.45) is 0. The lowest BCUT2D eigenvalue weighted by atomic mass is 9.95. The Labute approximate surface area is 113 Å². The molecule has 4 nitrogen and oxygen atoms in total. The summed E-state index contributed by atoms with van der Waals surface area (Å²) >= 11 is 0. The van der Waals surface area contributed by atoms with Crippen LogP contribution in [0, 0.1) is 18.3 Å². The number of nitriles is 1. The fourth-order valence-electron chi connectivity index (χ4n) is 1.91. The molecule has 2 aromatic rings. The van der Waals surface area contributed by atoms with Gasteiger partial charge in [0.2, 0.25) is 0 Å². The van der Waals surface area contributed by atoms with Crippen molar-refractivity contribution in [1.29, 1.82) is 5.26 Å². The van der Waals surface area contributed by atoms with Crippen molar-refractivity contribution in [3.8, 4) is 23.1 Å². The third kappa shape index (κ3) is 2.32. The van der Waals surface area contributed by atoms with Gasteiger partial charge in [-0.05, 0) is 32.9 Å². The van der Waals surface area contributed by atoms with Crippen LogP contribution in [0.15, 0.2) is 24.3 Å². The molecule has 4 heteroatoms. The van der Waals surface area contributed by atoms with Crippen LogP contribution in [0.3, 0.4) is 0 Å². The number of H-pyrrole nitrogens is 1. The number of aromatic nitrogens is 2. The summed E-state index contributed by atoms with van der Waals surface area (Å²) < 4.78 is 5.36. The summed E-state index contributed by atoms with van der Waals surface area (Å²) in [6, 6.07) is 9.98. The van der Waals surface area contributed by atoms with Gasteiger partial charge in [0.15, 0.2) is 0 Å². The van der Waals surface area contributed by atoms with E-state index in [1.165, 1.54) is 0 Å². The van der Waals surface area contributed by atoms with E-state index in [-0.39, 0.29) is 0 Å². The molecule has 1 heterocycles. The van der Waals surface area contributed by atoms with E-state index in [4.69, 9.17) is 4.74 Å². The molecule has 0 bridgehead atoms. The van der Waals surface area contributed by atoms with Crippen molar-refractivity contribution < 1.29 is 4.74 Å². The van der Waals surface area contributed by atoms with E-state index in [1.807, 2.05) is 45.0 Å². The summed E-state index contributed by atoms with van der Waals surface area (Å²) in [4.78, 5) is 7.77. The van der Waals surface area contributed by atoms with Gasteiger partial charge in [0.25, 0.3) is 0 Å². The van der Waals surface area contributed by atoms with Crippen molar-refractivity contribution in [2.24, 2.45) is 0 Å². The number of rotatable bonds is 3. The fourth-order valence-corrected chi connectivity index (χ4v) is 1.91. The normalized spacial score (nSPS) is 11.1. The summed E-state index contributed by atoms with van der Waals surface area (Å²) in [5.74, 6) is 1.45. The second-order valence-electron chi connectivity index (χ2n) is 5.00. The number of hydrogen-bond acceptors (Lipinski definition) is 3. The molecule has 0 spiro atoms. The lowest BCUT2D eigenvalue weighted by Gasteiger charge is -2.10. The van der Waals surface area contributed by atoms with Gasteiger partial charge in [-0.25, -0.2) is 4.98 Å². The zero-order valence-corrected chi connectivity index (χ0v) is 11.6. The van der Waals surface area contributed by atoms with Crippen molar-refractivity contribution in [2.75, 3.05) is 7.11 Å². The van der Waals surface area contributed by atoms with Crippen LogP contribution in [0.1, 0.15) is 25.4 Å². The van der Waals surface area contributed by atoms with Crippen LogP contribution < -0.4 is 4.74 Å². The van der Waals surface area contributed by atoms with Gasteiger partial charge in [0.1, 0.15) is 17.0 Å². The molecule has 0 radical (unpaired) electrons. The van der Waals surface area contributed by atoms with E-state index in [2.05, 4.69) is 16.0 Å². The van der Waals surface area contributed by atoms with Crippen molar-refractivity contribution in [1.82, 2.24) is 9.97 Å². The number of benzene rings is 1. The largest absolute Gasteiger partial charge is 0.496 e. The van der Waals surface area contributed by atoms with Crippen LogP contribution in [-0.4, -0.2) is 17.1 Å². The van der Waals surface area contributed by atoms with Crippen LogP contribution in [0.5, 0.6) is 5.75 Å². The summed E-state index contributed by atoms with van der Waals surface area (Å²) in [5.41, 5.74) is 2.06. The molecule has 0 unspecified atom stereocenters. The molecule has 0 fully saturated rings. The molecule has 0 aliphatic carbocycles. The highest BCUT2D eigenvalue weighted by molar-refractivity contribution is 5.69. The first-order valence-corrected chi connectivity index (χ1v) is 6.11. The number of aromatic amines is 1. The molecule has 0 aliphatic heterocycles. The van der Waals surface area contributed by atoms with Gasteiger partial charge in [-0.15, -0.1) is 0 Å². The smallest absolute Gasteiger partial charge is 0.128 e. The Hall–Kier alpha value is -2.28. The number of aryl methyl sites for hydroxylation is 1. The molecule has 2 rings (SSSR count). The molecule has 0 saturated carbocycles. The molecule has 1 aromatic heterocycles. The molecule has 0 aliphatic rings. The van der Waals surface area contributed by atoms with E-state index < -0.39 is 5.41 Å². The Morgan fingerprint density at radius 1 is 1.32 bits per heavy atom. The van der Waals surface area contributed by atoms with Crippen molar-refractivity contribution in [2.45, 2.75) is 26.2 Å². The van der Waals surface area contributed by atoms with Crippen molar-refractivity contribution in [3.63, 3.8) is 0 Å². The maximum absolute atomic E-state index is 9.18. The molecular formula is C15H17N3O. The zero-order chi connectivity index (χ0) is 14.0. The van der Waals surface area contributed by atoms with Gasteiger partial charge >= 0.3 is 0 Å². The third-order valence-corrected chi connectivity index (χ3v) is 3.12. The van der Waals surface area contributed by atoms with E-state index in [9.17, 15) is 5.26 Å². The van der Waals surface area contributed by atoms with Crippen LogP contribution in [0.2, 0.25) is 0 Å². The molecule has 1 N–H and O–H groups in total. The second kappa shape index (κ2) is 4.77.